The van der Waals surface area contributed by atoms with Crippen molar-refractivity contribution in [2.24, 2.45) is 5.10 Å². The molecule has 0 unspecified atom stereocenters. The second-order valence-corrected chi connectivity index (χ2v) is 7.94. The van der Waals surface area contributed by atoms with Crippen molar-refractivity contribution in [2.45, 2.75) is 12.5 Å². The normalized spacial score (nSPS) is 17.2. The van der Waals surface area contributed by atoms with Crippen molar-refractivity contribution < 1.29 is 0 Å². The summed E-state index contributed by atoms with van der Waals surface area (Å²) in [5.41, 5.74) is 3.33. The monoisotopic (exact) mass is 416 g/mol. The number of hydrogen-bond acceptors (Lipinski definition) is 3. The van der Waals surface area contributed by atoms with E-state index in [0.717, 1.165) is 32.9 Å². The predicted molar refractivity (Wildman–Crippen MR) is 106 cm³/mol. The molecule has 1 aliphatic heterocycles. The lowest BCUT2D eigenvalue weighted by atomic mass is 10.0. The van der Waals surface area contributed by atoms with Gasteiger partial charge in [0.05, 0.1) is 17.4 Å². The third-order valence-electron chi connectivity index (χ3n) is 4.05. The number of rotatable bonds is 3. The predicted octanol–water partition coefficient (Wildman–Crippen LogP) is 6.52. The van der Waals surface area contributed by atoms with Gasteiger partial charge >= 0.3 is 0 Å². The molecule has 2 nitrogen and oxygen atoms in total. The van der Waals surface area contributed by atoms with E-state index in [1.54, 1.807) is 11.3 Å². The Kier molecular flexibility index (Phi) is 4.44. The Bertz CT molecular complexity index is 857. The molecule has 1 aromatic heterocycles. The topological polar surface area (TPSA) is 15.6 Å². The highest BCUT2D eigenvalue weighted by Gasteiger charge is 2.30. The van der Waals surface area contributed by atoms with Crippen LogP contribution < -0.4 is 5.01 Å². The summed E-state index contributed by atoms with van der Waals surface area (Å²) in [6, 6.07) is 20.7. The lowest BCUT2D eigenvalue weighted by Gasteiger charge is -2.22. The van der Waals surface area contributed by atoms with Crippen LogP contribution in [0, 0.1) is 0 Å². The molecule has 4 rings (SSSR count). The fourth-order valence-corrected chi connectivity index (χ4v) is 4.06. The molecule has 0 saturated heterocycles. The Labute approximate surface area is 158 Å². The van der Waals surface area contributed by atoms with E-state index in [2.05, 4.69) is 62.7 Å². The Balaban J connectivity index is 1.73. The molecule has 5 heteroatoms. The van der Waals surface area contributed by atoms with Gasteiger partial charge in [-0.1, -0.05) is 45.7 Å². The van der Waals surface area contributed by atoms with Gasteiger partial charge in [0.2, 0.25) is 0 Å². The van der Waals surface area contributed by atoms with Gasteiger partial charge in [-0.2, -0.15) is 5.10 Å². The van der Waals surface area contributed by atoms with Crippen LogP contribution in [0.4, 0.5) is 5.69 Å². The van der Waals surface area contributed by atoms with E-state index >= 15 is 0 Å². The Morgan fingerprint density at radius 1 is 1.04 bits per heavy atom. The number of benzene rings is 2. The first-order valence-corrected chi connectivity index (χ1v) is 9.67. The lowest BCUT2D eigenvalue weighted by molar-refractivity contribution is 0.722. The summed E-state index contributed by atoms with van der Waals surface area (Å²) in [7, 11) is 0. The molecule has 0 aliphatic carbocycles. The van der Waals surface area contributed by atoms with Crippen LogP contribution in [-0.2, 0) is 0 Å². The quantitative estimate of drug-likeness (QED) is 0.473. The van der Waals surface area contributed by atoms with Gasteiger partial charge in [-0.05, 0) is 53.4 Å². The minimum absolute atomic E-state index is 0.227. The molecule has 1 atom stereocenters. The molecule has 2 aromatic carbocycles. The van der Waals surface area contributed by atoms with Crippen molar-refractivity contribution in [1.29, 1.82) is 0 Å². The van der Waals surface area contributed by atoms with Crippen LogP contribution in [0.15, 0.2) is 75.6 Å². The van der Waals surface area contributed by atoms with Crippen molar-refractivity contribution in [2.75, 3.05) is 5.01 Å². The third kappa shape index (κ3) is 3.14. The lowest BCUT2D eigenvalue weighted by Crippen LogP contribution is -2.17. The Hall–Kier alpha value is -1.62. The molecular formula is C19H14BrClN2S. The zero-order valence-corrected chi connectivity index (χ0v) is 15.9. The van der Waals surface area contributed by atoms with Gasteiger partial charge in [0, 0.05) is 20.8 Å². The molecule has 0 amide bonds. The number of anilines is 1. The zero-order valence-electron chi connectivity index (χ0n) is 12.7. The maximum atomic E-state index is 6.04. The summed E-state index contributed by atoms with van der Waals surface area (Å²) in [5.74, 6) is 0. The van der Waals surface area contributed by atoms with Crippen LogP contribution >= 0.6 is 38.9 Å². The largest absolute Gasteiger partial charge is 0.257 e. The fourth-order valence-electron chi connectivity index (χ4n) is 2.86. The molecule has 0 bridgehead atoms. The second kappa shape index (κ2) is 6.71. The van der Waals surface area contributed by atoms with Gasteiger partial charge in [-0.25, -0.2) is 0 Å². The molecule has 24 heavy (non-hydrogen) atoms. The first-order chi connectivity index (χ1) is 11.7. The molecule has 120 valence electrons. The minimum Gasteiger partial charge on any atom is -0.257 e. The molecule has 2 heterocycles. The van der Waals surface area contributed by atoms with Gasteiger partial charge in [0.15, 0.2) is 0 Å². The number of thiophene rings is 1. The van der Waals surface area contributed by atoms with E-state index in [1.165, 1.54) is 4.88 Å². The highest BCUT2D eigenvalue weighted by Crippen LogP contribution is 2.38. The van der Waals surface area contributed by atoms with Crippen LogP contribution in [0.1, 0.15) is 22.9 Å². The van der Waals surface area contributed by atoms with E-state index in [4.69, 9.17) is 16.7 Å². The van der Waals surface area contributed by atoms with E-state index < -0.39 is 0 Å². The van der Waals surface area contributed by atoms with Crippen LogP contribution in [0.25, 0.3) is 0 Å². The molecule has 1 aliphatic rings. The van der Waals surface area contributed by atoms with Gasteiger partial charge in [-0.3, -0.25) is 5.01 Å². The average Bonchev–Trinajstić information content (AvgIpc) is 3.25. The smallest absolute Gasteiger partial charge is 0.0923 e. The van der Waals surface area contributed by atoms with Crippen molar-refractivity contribution in [3.05, 3.63) is 86.0 Å². The molecule has 0 N–H and O–H groups in total. The van der Waals surface area contributed by atoms with E-state index in [0.29, 0.717) is 0 Å². The highest BCUT2D eigenvalue weighted by atomic mass is 79.9. The van der Waals surface area contributed by atoms with E-state index in [9.17, 15) is 0 Å². The van der Waals surface area contributed by atoms with Crippen molar-refractivity contribution >= 4 is 50.3 Å². The first-order valence-electron chi connectivity index (χ1n) is 7.62. The van der Waals surface area contributed by atoms with Crippen molar-refractivity contribution in [3.8, 4) is 0 Å². The van der Waals surface area contributed by atoms with Crippen LogP contribution in [0.3, 0.4) is 0 Å². The maximum absolute atomic E-state index is 6.04. The maximum Gasteiger partial charge on any atom is 0.0923 e. The van der Waals surface area contributed by atoms with Gasteiger partial charge in [0.1, 0.15) is 0 Å². The van der Waals surface area contributed by atoms with E-state index in [1.807, 2.05) is 24.3 Å². The van der Waals surface area contributed by atoms with E-state index in [-0.39, 0.29) is 6.04 Å². The number of hydrazone groups is 1. The Morgan fingerprint density at radius 2 is 1.79 bits per heavy atom. The summed E-state index contributed by atoms with van der Waals surface area (Å²) >= 11 is 11.3. The molecule has 0 spiro atoms. The van der Waals surface area contributed by atoms with Gasteiger partial charge < -0.3 is 0 Å². The van der Waals surface area contributed by atoms with Gasteiger partial charge in [-0.15, -0.1) is 11.3 Å². The van der Waals surface area contributed by atoms with Crippen molar-refractivity contribution in [3.63, 3.8) is 0 Å². The summed E-state index contributed by atoms with van der Waals surface area (Å²) in [6.45, 7) is 0. The SMILES string of the molecule is Clc1ccc(N2N=C(c3ccc(Br)cc3)C[C@@H]2c2cccs2)cc1. The Morgan fingerprint density at radius 3 is 2.46 bits per heavy atom. The zero-order chi connectivity index (χ0) is 16.5. The second-order valence-electron chi connectivity index (χ2n) is 5.61. The standard InChI is InChI=1S/C19H14BrClN2S/c20-14-5-3-13(4-6-14)17-12-18(19-2-1-11-24-19)23(22-17)16-9-7-15(21)8-10-16/h1-11,18H,12H2/t18-/m1/s1. The number of hydrogen-bond donors (Lipinski definition) is 0. The van der Waals surface area contributed by atoms with Crippen LogP contribution in [-0.4, -0.2) is 5.71 Å². The average molecular weight is 418 g/mol. The first kappa shape index (κ1) is 15.9. The fraction of sp³-hybridized carbons (Fsp3) is 0.105. The van der Waals surface area contributed by atoms with Crippen LogP contribution in [0.2, 0.25) is 5.02 Å². The van der Waals surface area contributed by atoms with Crippen LogP contribution in [0.5, 0.6) is 0 Å². The van der Waals surface area contributed by atoms with Gasteiger partial charge in [0.25, 0.3) is 0 Å². The third-order valence-corrected chi connectivity index (χ3v) is 5.80. The highest BCUT2D eigenvalue weighted by molar-refractivity contribution is 9.10. The number of nitrogens with zero attached hydrogens (tertiary/aromatic N) is 2. The summed E-state index contributed by atoms with van der Waals surface area (Å²) in [4.78, 5) is 1.32. The summed E-state index contributed by atoms with van der Waals surface area (Å²) in [6.07, 6.45) is 0.894. The van der Waals surface area contributed by atoms with Crippen molar-refractivity contribution in [1.82, 2.24) is 0 Å². The molecule has 0 fully saturated rings. The summed E-state index contributed by atoms with van der Waals surface area (Å²) in [5, 5.41) is 9.89. The molecule has 3 aromatic rings. The summed E-state index contributed by atoms with van der Waals surface area (Å²) < 4.78 is 1.08. The molecule has 0 radical (unpaired) electrons. The number of halogens is 2. The minimum atomic E-state index is 0.227. The molecule has 0 saturated carbocycles. The molecular weight excluding hydrogens is 404 g/mol.